The zero-order valence-corrected chi connectivity index (χ0v) is 25.9. The second kappa shape index (κ2) is 11.3. The van der Waals surface area contributed by atoms with E-state index >= 15 is 0 Å². The monoisotopic (exact) mass is 594 g/mol. The van der Waals surface area contributed by atoms with Gasteiger partial charge in [-0.05, 0) is 67.6 Å². The summed E-state index contributed by atoms with van der Waals surface area (Å²) in [5.74, 6) is 0.296. The maximum atomic E-state index is 13.6. The predicted molar refractivity (Wildman–Crippen MR) is 161 cm³/mol. The Balaban J connectivity index is 1.40. The number of rotatable bonds is 7. The van der Waals surface area contributed by atoms with Crippen molar-refractivity contribution in [3.05, 3.63) is 48.3 Å². The van der Waals surface area contributed by atoms with Gasteiger partial charge in [-0.1, -0.05) is 57.7 Å². The Hall–Kier alpha value is -2.98. The third kappa shape index (κ3) is 5.00. The van der Waals surface area contributed by atoms with Gasteiger partial charge in [-0.2, -0.15) is 9.78 Å². The third-order valence-electron chi connectivity index (χ3n) is 10.9. The number of carbonyl (C=O) groups excluding carboxylic acids is 2. The molecule has 0 spiro atoms. The molecular weight excluding hydrogens is 552 g/mol. The van der Waals surface area contributed by atoms with Gasteiger partial charge in [-0.25, -0.2) is 0 Å². The summed E-state index contributed by atoms with van der Waals surface area (Å²) < 4.78 is 7.88. The van der Waals surface area contributed by atoms with Crippen molar-refractivity contribution in [1.29, 1.82) is 0 Å². The second-order valence-electron chi connectivity index (χ2n) is 13.0. The number of esters is 1. The lowest BCUT2D eigenvalue weighted by Gasteiger charge is -2.61. The fourth-order valence-electron chi connectivity index (χ4n) is 8.11. The maximum absolute atomic E-state index is 13.6. The van der Waals surface area contributed by atoms with Crippen molar-refractivity contribution in [1.82, 2.24) is 14.9 Å². The van der Waals surface area contributed by atoms with Crippen LogP contribution in [0.5, 0.6) is 5.75 Å². The number of hydrogen-bond acceptors (Lipinski definition) is 9. The van der Waals surface area contributed by atoms with Gasteiger partial charge in [-0.3, -0.25) is 9.59 Å². The molecule has 1 aromatic heterocycles. The molecule has 0 radical (unpaired) electrons. The Morgan fingerprint density at radius 2 is 2.05 bits per heavy atom. The fourth-order valence-corrected chi connectivity index (χ4v) is 8.82. The van der Waals surface area contributed by atoms with Crippen molar-refractivity contribution in [3.63, 3.8) is 0 Å². The lowest BCUT2D eigenvalue weighted by Crippen LogP contribution is -2.63. The highest BCUT2D eigenvalue weighted by Gasteiger charge is 2.68. The molecule has 2 aromatic rings. The van der Waals surface area contributed by atoms with Crippen molar-refractivity contribution in [2.75, 3.05) is 5.75 Å². The molecule has 1 aromatic carbocycles. The summed E-state index contributed by atoms with van der Waals surface area (Å²) in [6.45, 7) is 14.2. The van der Waals surface area contributed by atoms with E-state index in [4.69, 9.17) is 4.74 Å². The van der Waals surface area contributed by atoms with Crippen molar-refractivity contribution in [2.24, 2.45) is 39.1 Å². The van der Waals surface area contributed by atoms with Crippen molar-refractivity contribution in [2.45, 2.75) is 84.1 Å². The van der Waals surface area contributed by atoms with Crippen LogP contribution in [0.25, 0.3) is 0 Å². The van der Waals surface area contributed by atoms with Crippen LogP contribution in [0.4, 0.5) is 0 Å². The van der Waals surface area contributed by atoms with Crippen LogP contribution in [0, 0.1) is 40.9 Å². The van der Waals surface area contributed by atoms with Gasteiger partial charge in [0.15, 0.2) is 5.82 Å². The van der Waals surface area contributed by atoms with E-state index in [9.17, 15) is 19.8 Å². The zero-order valence-electron chi connectivity index (χ0n) is 25.1. The van der Waals surface area contributed by atoms with Gasteiger partial charge in [0.2, 0.25) is 5.16 Å². The fraction of sp³-hybridized carbons (Fsp3) is 0.594. The highest BCUT2D eigenvalue weighted by molar-refractivity contribution is 7.99. The van der Waals surface area contributed by atoms with Gasteiger partial charge in [0.1, 0.15) is 17.6 Å². The minimum absolute atomic E-state index is 0.0196. The zero-order chi connectivity index (χ0) is 30.4. The molecular formula is C32H42N4O5S. The summed E-state index contributed by atoms with van der Waals surface area (Å²) in [5.41, 5.74) is -0.856. The van der Waals surface area contributed by atoms with Gasteiger partial charge >= 0.3 is 5.97 Å². The smallest absolute Gasteiger partial charge is 0.316 e. The highest BCUT2D eigenvalue weighted by Crippen LogP contribution is 2.68. The van der Waals surface area contributed by atoms with Crippen molar-refractivity contribution < 1.29 is 24.5 Å². The number of benzene rings is 1. The summed E-state index contributed by atoms with van der Waals surface area (Å²) in [6.07, 6.45) is 5.59. The molecule has 10 heteroatoms. The quantitative estimate of drug-likeness (QED) is 0.195. The van der Waals surface area contributed by atoms with E-state index in [-0.39, 0.29) is 40.5 Å². The van der Waals surface area contributed by atoms with Crippen LogP contribution in [0.1, 0.15) is 71.2 Å². The molecule has 3 aliphatic carbocycles. The number of carbonyl (C=O) groups is 2. The average Bonchev–Trinajstić information content (AvgIpc) is 3.50. The average molecular weight is 595 g/mol. The first kappa shape index (κ1) is 30.5. The van der Waals surface area contributed by atoms with E-state index in [1.165, 1.54) is 11.8 Å². The number of Topliss-reactive ketones (excluding diaryl/α,β-unsaturated/α-hetero) is 1. The lowest BCUT2D eigenvalue weighted by molar-refractivity contribution is -0.205. The van der Waals surface area contributed by atoms with Crippen LogP contribution in [-0.2, 0) is 14.3 Å². The summed E-state index contributed by atoms with van der Waals surface area (Å²) >= 11 is 1.18. The number of aromatic hydroxyl groups is 1. The topological polar surface area (TPSA) is 127 Å². The molecule has 0 amide bonds. The number of aryl methyl sites for hydroxylation is 1. The van der Waals surface area contributed by atoms with Crippen molar-refractivity contribution >= 4 is 29.7 Å². The van der Waals surface area contributed by atoms with Crippen LogP contribution in [0.15, 0.2) is 47.2 Å². The first-order valence-electron chi connectivity index (χ1n) is 14.8. The molecule has 2 bridgehead atoms. The summed E-state index contributed by atoms with van der Waals surface area (Å²) in [5, 5.41) is 34.6. The third-order valence-corrected chi connectivity index (χ3v) is 11.7. The molecule has 2 N–H and O–H groups in total. The largest absolute Gasteiger partial charge is 0.508 e. The van der Waals surface area contributed by atoms with Gasteiger partial charge in [0, 0.05) is 23.2 Å². The van der Waals surface area contributed by atoms with Crippen LogP contribution < -0.4 is 0 Å². The predicted octanol–water partition coefficient (Wildman–Crippen LogP) is 5.17. The molecule has 3 fully saturated rings. The number of hydrogen-bond donors (Lipinski definition) is 2. The molecule has 0 unspecified atom stereocenters. The molecule has 3 saturated carbocycles. The van der Waals surface area contributed by atoms with Crippen LogP contribution in [0.3, 0.4) is 0 Å². The van der Waals surface area contributed by atoms with Gasteiger partial charge < -0.3 is 14.9 Å². The Morgan fingerprint density at radius 1 is 1.29 bits per heavy atom. The molecule has 3 aliphatic rings. The minimum Gasteiger partial charge on any atom is -0.508 e. The molecule has 1 heterocycles. The molecule has 5 rings (SSSR count). The Morgan fingerprint density at radius 3 is 2.76 bits per heavy atom. The minimum atomic E-state index is -0.706. The molecule has 0 saturated heterocycles. The van der Waals surface area contributed by atoms with E-state index < -0.39 is 29.0 Å². The SMILES string of the molecule is C=C[C@]1(C)C[C@@H](OC(=O)CSc2nnc(C)n2/N=C/c2cccc(O)c2)[C@]2(C)[C@H](C)CC[C@]3(CCC(=O)[C@H]32)[C@@H](C)[C@@H]1O. The Kier molecular flexibility index (Phi) is 8.17. The second-order valence-corrected chi connectivity index (χ2v) is 14.0. The van der Waals surface area contributed by atoms with E-state index in [0.29, 0.717) is 29.4 Å². The molecule has 226 valence electrons. The van der Waals surface area contributed by atoms with E-state index in [1.54, 1.807) is 42.1 Å². The standard InChI is InChI=1S/C32H42N4O5S/c1-7-30(5)16-25(31(6)19(2)11-13-32(20(3)28(30)40)14-12-24(38)27(31)32)41-26(39)18-42-29-35-34-21(4)36(29)33-17-22-9-8-10-23(37)15-22/h7-10,15,17,19-20,25,27-28,37,40H,1,11-14,16,18H2,2-6H3/b33-17+/t19-,20+,25-,27+,28+,30-,31+,32+/m1/s1. The summed E-state index contributed by atoms with van der Waals surface area (Å²) in [6, 6.07) is 6.71. The molecule has 9 nitrogen and oxygen atoms in total. The highest BCUT2D eigenvalue weighted by atomic mass is 32.2. The van der Waals surface area contributed by atoms with Crippen LogP contribution in [0.2, 0.25) is 0 Å². The number of phenolic OH excluding ortho intramolecular Hbond substituents is 1. The van der Waals surface area contributed by atoms with Gasteiger partial charge in [0.25, 0.3) is 0 Å². The number of ether oxygens (including phenoxy) is 1. The number of aromatic nitrogens is 3. The molecule has 0 aliphatic heterocycles. The van der Waals surface area contributed by atoms with E-state index in [1.807, 2.05) is 13.0 Å². The number of ketones is 1. The van der Waals surface area contributed by atoms with Crippen molar-refractivity contribution in [3.8, 4) is 5.75 Å². The van der Waals surface area contributed by atoms with E-state index in [0.717, 1.165) is 19.3 Å². The Labute approximate surface area is 251 Å². The molecule has 8 atom stereocenters. The van der Waals surface area contributed by atoms with E-state index in [2.05, 4.69) is 42.6 Å². The number of nitrogens with zero attached hydrogens (tertiary/aromatic N) is 4. The normalized spacial score (nSPS) is 36.3. The number of aliphatic hydroxyl groups excluding tert-OH is 1. The lowest BCUT2D eigenvalue weighted by atomic mass is 9.44. The van der Waals surface area contributed by atoms with Gasteiger partial charge in [0.05, 0.1) is 18.1 Å². The van der Waals surface area contributed by atoms with Crippen LogP contribution >= 0.6 is 11.8 Å². The van der Waals surface area contributed by atoms with Gasteiger partial charge in [-0.15, -0.1) is 16.8 Å². The first-order chi connectivity index (χ1) is 19.9. The van der Waals surface area contributed by atoms with Crippen LogP contribution in [-0.4, -0.2) is 61.0 Å². The number of thioether (sulfide) groups is 1. The molecule has 42 heavy (non-hydrogen) atoms. The number of aliphatic hydroxyl groups is 1. The Bertz CT molecular complexity index is 1410. The number of phenols is 1. The first-order valence-corrected chi connectivity index (χ1v) is 15.8. The summed E-state index contributed by atoms with van der Waals surface area (Å²) in [7, 11) is 0. The summed E-state index contributed by atoms with van der Waals surface area (Å²) in [4.78, 5) is 27.1. The maximum Gasteiger partial charge on any atom is 0.316 e.